The number of aryl methyl sites for hydroxylation is 2. The van der Waals surface area contributed by atoms with Crippen molar-refractivity contribution in [2.45, 2.75) is 59.6 Å². The zero-order valence-corrected chi connectivity index (χ0v) is 23.4. The average Bonchev–Trinajstić information content (AvgIpc) is 3.28. The van der Waals surface area contributed by atoms with Crippen LogP contribution < -0.4 is 10.6 Å². The van der Waals surface area contributed by atoms with Gasteiger partial charge in [0.1, 0.15) is 22.5 Å². The van der Waals surface area contributed by atoms with Crippen molar-refractivity contribution in [1.82, 2.24) is 25.4 Å². The van der Waals surface area contributed by atoms with Crippen molar-refractivity contribution < 1.29 is 14.3 Å². The van der Waals surface area contributed by atoms with Gasteiger partial charge in [-0.05, 0) is 59.2 Å². The van der Waals surface area contributed by atoms with Crippen LogP contribution in [0.3, 0.4) is 0 Å². The fourth-order valence-corrected chi connectivity index (χ4v) is 5.40. The minimum atomic E-state index is -0.584. The fraction of sp³-hybridized carbons (Fsp3) is 0.423. The molecule has 2 N–H and O–H groups in total. The summed E-state index contributed by atoms with van der Waals surface area (Å²) in [5.41, 5.74) is 3.27. The van der Waals surface area contributed by atoms with Crippen LogP contribution in [0.1, 0.15) is 66.5 Å². The molecule has 9 nitrogen and oxygen atoms in total. The van der Waals surface area contributed by atoms with Crippen LogP contribution in [0, 0.1) is 20.8 Å². The number of fused-ring (bicyclic) bond motifs is 3. The Bertz CT molecular complexity index is 1350. The molecule has 1 aromatic carbocycles. The van der Waals surface area contributed by atoms with Crippen molar-refractivity contribution >= 4 is 40.6 Å². The smallest absolute Gasteiger partial charge is 0.407 e. The predicted molar refractivity (Wildman–Crippen MR) is 145 cm³/mol. The van der Waals surface area contributed by atoms with Crippen molar-refractivity contribution in [2.75, 3.05) is 13.1 Å². The van der Waals surface area contributed by atoms with Crippen LogP contribution >= 0.6 is 22.9 Å². The molecule has 1 atom stereocenters. The van der Waals surface area contributed by atoms with E-state index in [1.807, 2.05) is 35.8 Å². The second-order valence-electron chi connectivity index (χ2n) is 9.89. The number of benzene rings is 1. The van der Waals surface area contributed by atoms with Gasteiger partial charge >= 0.3 is 6.09 Å². The fourth-order valence-electron chi connectivity index (χ4n) is 4.06. The van der Waals surface area contributed by atoms with Gasteiger partial charge in [0.25, 0.3) is 0 Å². The Balaban J connectivity index is 1.59. The number of aliphatic imine (C=N–C) groups is 1. The Hall–Kier alpha value is -3.24. The molecule has 0 radical (unpaired) electrons. The molecule has 4 rings (SSSR count). The molecule has 2 amide bonds. The standard InChI is InChI=1S/C26H31ClN6O3S/c1-14-15(2)37-24-21(14)22(17-7-9-18(27)10-8-17)30-19(23-32-31-16(3)33(23)24)13-20(34)28-11-12-29-25(35)36-26(4,5)6/h7-10,19H,11-13H2,1-6H3,(H,28,34)(H,29,35)/t19-/m0/s1. The SMILES string of the molecule is Cc1sc2c(c1C)C(c1ccc(Cl)cc1)=N[C@@H](CC(=O)NCCNC(=O)OC(C)(C)C)c1nnc(C)n1-2. The molecule has 0 spiro atoms. The van der Waals surface area contributed by atoms with E-state index in [1.165, 1.54) is 4.88 Å². The number of hydrogen-bond donors (Lipinski definition) is 2. The Morgan fingerprint density at radius 2 is 1.76 bits per heavy atom. The van der Waals surface area contributed by atoms with E-state index in [0.717, 1.165) is 33.2 Å². The number of carbonyl (C=O) groups is 2. The molecule has 0 unspecified atom stereocenters. The molecule has 0 aliphatic carbocycles. The van der Waals surface area contributed by atoms with Crippen LogP contribution in [-0.4, -0.2) is 51.2 Å². The zero-order valence-electron chi connectivity index (χ0n) is 21.8. The van der Waals surface area contributed by atoms with Crippen LogP contribution in [-0.2, 0) is 9.53 Å². The van der Waals surface area contributed by atoms with Gasteiger partial charge in [0.2, 0.25) is 5.91 Å². The van der Waals surface area contributed by atoms with E-state index < -0.39 is 17.7 Å². The lowest BCUT2D eigenvalue weighted by Gasteiger charge is -2.19. The third-order valence-electron chi connectivity index (χ3n) is 5.85. The van der Waals surface area contributed by atoms with Crippen LogP contribution in [0.25, 0.3) is 5.00 Å². The van der Waals surface area contributed by atoms with Crippen molar-refractivity contribution in [1.29, 1.82) is 0 Å². The maximum Gasteiger partial charge on any atom is 0.407 e. The van der Waals surface area contributed by atoms with E-state index in [2.05, 4.69) is 34.7 Å². The highest BCUT2D eigenvalue weighted by Gasteiger charge is 2.32. The van der Waals surface area contributed by atoms with Gasteiger partial charge < -0.3 is 15.4 Å². The second-order valence-corrected chi connectivity index (χ2v) is 11.5. The summed E-state index contributed by atoms with van der Waals surface area (Å²) >= 11 is 7.82. The lowest BCUT2D eigenvalue weighted by Crippen LogP contribution is -2.38. The number of thiophene rings is 1. The zero-order chi connectivity index (χ0) is 26.9. The topological polar surface area (TPSA) is 110 Å². The number of carbonyl (C=O) groups excluding carboxylic acids is 2. The van der Waals surface area contributed by atoms with E-state index in [9.17, 15) is 9.59 Å². The van der Waals surface area contributed by atoms with E-state index in [-0.39, 0.29) is 25.4 Å². The lowest BCUT2D eigenvalue weighted by atomic mass is 9.99. The van der Waals surface area contributed by atoms with Gasteiger partial charge in [0.05, 0.1) is 12.1 Å². The third kappa shape index (κ3) is 6.02. The van der Waals surface area contributed by atoms with Gasteiger partial charge in [0, 0.05) is 34.1 Å². The number of hydrogen-bond acceptors (Lipinski definition) is 7. The molecule has 3 aromatic rings. The van der Waals surface area contributed by atoms with Crippen molar-refractivity contribution in [3.8, 4) is 5.00 Å². The van der Waals surface area contributed by atoms with Gasteiger partial charge in [-0.15, -0.1) is 21.5 Å². The van der Waals surface area contributed by atoms with Crippen LogP contribution in [0.4, 0.5) is 4.79 Å². The molecule has 0 bridgehead atoms. The molecule has 11 heteroatoms. The minimum Gasteiger partial charge on any atom is -0.444 e. The van der Waals surface area contributed by atoms with Gasteiger partial charge in [-0.3, -0.25) is 14.4 Å². The maximum absolute atomic E-state index is 12.9. The number of nitrogens with one attached hydrogen (secondary N) is 2. The predicted octanol–water partition coefficient (Wildman–Crippen LogP) is 4.83. The highest BCUT2D eigenvalue weighted by atomic mass is 35.5. The first-order valence-electron chi connectivity index (χ1n) is 12.0. The molecule has 37 heavy (non-hydrogen) atoms. The Morgan fingerprint density at radius 3 is 2.43 bits per heavy atom. The van der Waals surface area contributed by atoms with Gasteiger partial charge in [-0.1, -0.05) is 23.7 Å². The number of rotatable bonds is 6. The molecule has 3 heterocycles. The van der Waals surface area contributed by atoms with E-state index in [4.69, 9.17) is 21.3 Å². The van der Waals surface area contributed by atoms with Crippen molar-refractivity contribution in [2.24, 2.45) is 4.99 Å². The van der Waals surface area contributed by atoms with Crippen LogP contribution in [0.15, 0.2) is 29.3 Å². The van der Waals surface area contributed by atoms with Gasteiger partial charge in [0.15, 0.2) is 5.82 Å². The number of amides is 2. The average molecular weight is 543 g/mol. The molecule has 0 fully saturated rings. The number of nitrogens with zero attached hydrogens (tertiary/aromatic N) is 4. The van der Waals surface area contributed by atoms with Crippen LogP contribution in [0.2, 0.25) is 5.02 Å². The molecular formula is C26H31ClN6O3S. The lowest BCUT2D eigenvalue weighted by molar-refractivity contribution is -0.121. The summed E-state index contributed by atoms with van der Waals surface area (Å²) in [6.07, 6.45) is -0.447. The number of halogens is 1. The van der Waals surface area contributed by atoms with Crippen molar-refractivity contribution in [3.63, 3.8) is 0 Å². The normalized spacial score (nSPS) is 14.8. The number of aromatic nitrogens is 3. The molecular weight excluding hydrogens is 512 g/mol. The number of ether oxygens (including phenoxy) is 1. The van der Waals surface area contributed by atoms with Gasteiger partial charge in [-0.25, -0.2) is 4.79 Å². The highest BCUT2D eigenvalue weighted by Crippen LogP contribution is 2.39. The molecule has 196 valence electrons. The third-order valence-corrected chi connectivity index (χ3v) is 7.30. The quantitative estimate of drug-likeness (QED) is 0.433. The second kappa shape index (κ2) is 10.6. The minimum absolute atomic E-state index is 0.0780. The van der Waals surface area contributed by atoms with Crippen LogP contribution in [0.5, 0.6) is 0 Å². The summed E-state index contributed by atoms with van der Waals surface area (Å²) in [5, 5.41) is 15.9. The Kier molecular flexibility index (Phi) is 7.70. The summed E-state index contributed by atoms with van der Waals surface area (Å²) in [6, 6.07) is 7.00. The molecule has 0 saturated heterocycles. The Morgan fingerprint density at radius 1 is 1.08 bits per heavy atom. The first-order chi connectivity index (χ1) is 17.4. The van der Waals surface area contributed by atoms with E-state index in [1.54, 1.807) is 32.1 Å². The monoisotopic (exact) mass is 542 g/mol. The van der Waals surface area contributed by atoms with Crippen molar-refractivity contribution in [3.05, 3.63) is 62.5 Å². The Labute approximate surface area is 225 Å². The maximum atomic E-state index is 12.9. The van der Waals surface area contributed by atoms with Gasteiger partial charge in [-0.2, -0.15) is 0 Å². The molecule has 1 aliphatic rings. The summed E-state index contributed by atoms with van der Waals surface area (Å²) in [4.78, 5) is 31.0. The number of alkyl carbamates (subject to hydrolysis) is 1. The largest absolute Gasteiger partial charge is 0.444 e. The summed E-state index contributed by atoms with van der Waals surface area (Å²) in [5.74, 6) is 1.14. The molecule has 1 aliphatic heterocycles. The van der Waals surface area contributed by atoms with E-state index in [0.29, 0.717) is 10.8 Å². The highest BCUT2D eigenvalue weighted by molar-refractivity contribution is 7.15. The molecule has 0 saturated carbocycles. The molecule has 2 aromatic heterocycles. The van der Waals surface area contributed by atoms with E-state index >= 15 is 0 Å². The summed E-state index contributed by atoms with van der Waals surface area (Å²) in [7, 11) is 0. The first kappa shape index (κ1) is 26.8. The first-order valence-corrected chi connectivity index (χ1v) is 13.2. The summed E-state index contributed by atoms with van der Waals surface area (Å²) < 4.78 is 7.23. The summed E-state index contributed by atoms with van der Waals surface area (Å²) in [6.45, 7) is 12.0.